The highest BCUT2D eigenvalue weighted by atomic mass is 15.0. The van der Waals surface area contributed by atoms with E-state index in [1.807, 2.05) is 60.7 Å². The number of aryl methyl sites for hydroxylation is 3. The van der Waals surface area contributed by atoms with E-state index in [2.05, 4.69) is 130 Å². The summed E-state index contributed by atoms with van der Waals surface area (Å²) in [6.07, 6.45) is 0. The van der Waals surface area contributed by atoms with E-state index in [1.165, 1.54) is 38.9 Å². The minimum absolute atomic E-state index is 0.631. The molecule has 0 atom stereocenters. The third-order valence-electron chi connectivity index (χ3n) is 9.29. The topological polar surface area (TPSA) is 38.7 Å². The number of nitrogens with zero attached hydrogens (tertiary/aromatic N) is 3. The molecule has 0 aliphatic rings. The van der Waals surface area contributed by atoms with Crippen LogP contribution in [0, 0.1) is 20.8 Å². The van der Waals surface area contributed by atoms with Gasteiger partial charge in [-0.05, 0) is 101 Å². The third kappa shape index (κ3) is 6.88. The molecule has 0 amide bonds. The summed E-state index contributed by atoms with van der Waals surface area (Å²) in [5.74, 6) is 1.92. The molecule has 3 heteroatoms. The molecule has 0 unspecified atom stereocenters. The molecule has 0 saturated carbocycles. The van der Waals surface area contributed by atoms with E-state index in [9.17, 15) is 0 Å². The van der Waals surface area contributed by atoms with Crippen molar-refractivity contribution in [2.75, 3.05) is 0 Å². The molecular weight excluding hydrogens is 619 g/mol. The van der Waals surface area contributed by atoms with Gasteiger partial charge in [0.1, 0.15) is 0 Å². The van der Waals surface area contributed by atoms with Gasteiger partial charge in [0.2, 0.25) is 0 Å². The van der Waals surface area contributed by atoms with Crippen LogP contribution in [0.4, 0.5) is 0 Å². The molecule has 0 aliphatic carbocycles. The van der Waals surface area contributed by atoms with Gasteiger partial charge < -0.3 is 0 Å². The van der Waals surface area contributed by atoms with Gasteiger partial charge >= 0.3 is 0 Å². The van der Waals surface area contributed by atoms with Gasteiger partial charge in [0, 0.05) is 16.7 Å². The SMILES string of the molecule is Cc1cc(C)cc(-c2cccc(-c3cc(-c4cccc(-c5ccccc5C)c4)cc(-c4nc(-c5ccccc5)nc(-c5ccccc5)n4)c3)c2)c1. The maximum atomic E-state index is 5.11. The molecule has 1 heterocycles. The monoisotopic (exact) mass is 655 g/mol. The minimum atomic E-state index is 0.631. The Morgan fingerprint density at radius 1 is 0.275 bits per heavy atom. The zero-order valence-electron chi connectivity index (χ0n) is 29.0. The van der Waals surface area contributed by atoms with Crippen molar-refractivity contribution in [1.82, 2.24) is 15.0 Å². The summed E-state index contributed by atoms with van der Waals surface area (Å²) in [7, 11) is 0. The van der Waals surface area contributed by atoms with Gasteiger partial charge in [-0.25, -0.2) is 15.0 Å². The second-order valence-electron chi connectivity index (χ2n) is 13.2. The van der Waals surface area contributed by atoms with Crippen LogP contribution in [0.5, 0.6) is 0 Å². The van der Waals surface area contributed by atoms with Gasteiger partial charge in [0.25, 0.3) is 0 Å². The zero-order chi connectivity index (χ0) is 34.7. The Morgan fingerprint density at radius 2 is 0.647 bits per heavy atom. The van der Waals surface area contributed by atoms with Crippen molar-refractivity contribution in [1.29, 1.82) is 0 Å². The molecule has 244 valence electrons. The first-order chi connectivity index (χ1) is 25.0. The fourth-order valence-electron chi connectivity index (χ4n) is 6.81. The Balaban J connectivity index is 1.34. The average Bonchev–Trinajstić information content (AvgIpc) is 3.18. The highest BCUT2D eigenvalue weighted by Gasteiger charge is 2.16. The van der Waals surface area contributed by atoms with Crippen molar-refractivity contribution in [3.63, 3.8) is 0 Å². The molecule has 0 bridgehead atoms. The number of rotatable bonds is 7. The summed E-state index contributed by atoms with van der Waals surface area (Å²) in [5.41, 5.74) is 15.9. The van der Waals surface area contributed by atoms with E-state index in [-0.39, 0.29) is 0 Å². The first-order valence-electron chi connectivity index (χ1n) is 17.3. The second kappa shape index (κ2) is 13.8. The molecule has 0 saturated heterocycles. The van der Waals surface area contributed by atoms with Gasteiger partial charge in [-0.15, -0.1) is 0 Å². The number of hydrogen-bond donors (Lipinski definition) is 0. The van der Waals surface area contributed by atoms with Gasteiger partial charge in [-0.2, -0.15) is 0 Å². The van der Waals surface area contributed by atoms with Gasteiger partial charge in [0.05, 0.1) is 0 Å². The van der Waals surface area contributed by atoms with E-state index in [0.29, 0.717) is 17.5 Å². The van der Waals surface area contributed by atoms with Crippen LogP contribution in [-0.4, -0.2) is 15.0 Å². The molecule has 7 aromatic carbocycles. The zero-order valence-corrected chi connectivity index (χ0v) is 29.0. The van der Waals surface area contributed by atoms with Crippen LogP contribution in [-0.2, 0) is 0 Å². The molecule has 1 aromatic heterocycles. The van der Waals surface area contributed by atoms with Crippen molar-refractivity contribution in [3.8, 4) is 78.7 Å². The van der Waals surface area contributed by atoms with E-state index in [0.717, 1.165) is 38.9 Å². The van der Waals surface area contributed by atoms with Crippen LogP contribution in [0.2, 0.25) is 0 Å². The Bertz CT molecular complexity index is 2420. The maximum Gasteiger partial charge on any atom is 0.164 e. The molecule has 51 heavy (non-hydrogen) atoms. The lowest BCUT2D eigenvalue weighted by molar-refractivity contribution is 1.07. The maximum absolute atomic E-state index is 5.11. The minimum Gasteiger partial charge on any atom is -0.208 e. The van der Waals surface area contributed by atoms with Gasteiger partial charge in [0.15, 0.2) is 17.5 Å². The fraction of sp³-hybridized carbons (Fsp3) is 0.0625. The standard InChI is InChI=1S/C48H37N3/c1-32-24-33(2)26-41(25-32)37-19-12-20-38(27-37)42-29-43(39-21-13-22-40(28-39)45-23-11-10-14-34(45)3)31-44(30-42)48-50-46(35-15-6-4-7-16-35)49-47(51-48)36-17-8-5-9-18-36/h4-31H,1-3H3. The summed E-state index contributed by atoms with van der Waals surface area (Å²) in [4.78, 5) is 15.2. The van der Waals surface area contributed by atoms with Gasteiger partial charge in [-0.3, -0.25) is 0 Å². The molecular formula is C48H37N3. The normalized spacial score (nSPS) is 11.0. The lowest BCUT2D eigenvalue weighted by atomic mass is 9.92. The Labute approximate surface area is 300 Å². The van der Waals surface area contributed by atoms with Gasteiger partial charge in [-0.1, -0.05) is 151 Å². The van der Waals surface area contributed by atoms with Crippen molar-refractivity contribution >= 4 is 0 Å². The third-order valence-corrected chi connectivity index (χ3v) is 9.29. The predicted octanol–water partition coefficient (Wildman–Crippen LogP) is 12.5. The molecule has 3 nitrogen and oxygen atoms in total. The smallest absolute Gasteiger partial charge is 0.164 e. The number of aromatic nitrogens is 3. The quantitative estimate of drug-likeness (QED) is 0.171. The van der Waals surface area contributed by atoms with Crippen LogP contribution >= 0.6 is 0 Å². The van der Waals surface area contributed by atoms with E-state index < -0.39 is 0 Å². The summed E-state index contributed by atoms with van der Waals surface area (Å²) in [6, 6.07) is 59.9. The van der Waals surface area contributed by atoms with Crippen LogP contribution < -0.4 is 0 Å². The van der Waals surface area contributed by atoms with Crippen molar-refractivity contribution in [3.05, 3.63) is 187 Å². The summed E-state index contributed by atoms with van der Waals surface area (Å²) >= 11 is 0. The van der Waals surface area contributed by atoms with Crippen molar-refractivity contribution < 1.29 is 0 Å². The van der Waals surface area contributed by atoms with Crippen LogP contribution in [0.25, 0.3) is 78.7 Å². The summed E-state index contributed by atoms with van der Waals surface area (Å²) < 4.78 is 0. The summed E-state index contributed by atoms with van der Waals surface area (Å²) in [6.45, 7) is 6.48. The Hall–Kier alpha value is -6.45. The van der Waals surface area contributed by atoms with Crippen LogP contribution in [0.3, 0.4) is 0 Å². The molecule has 0 N–H and O–H groups in total. The highest BCUT2D eigenvalue weighted by Crippen LogP contribution is 2.36. The second-order valence-corrected chi connectivity index (χ2v) is 13.2. The summed E-state index contributed by atoms with van der Waals surface area (Å²) in [5, 5.41) is 0. The molecule has 8 aromatic rings. The largest absolute Gasteiger partial charge is 0.208 e. The highest BCUT2D eigenvalue weighted by molar-refractivity contribution is 5.84. The first kappa shape index (κ1) is 31.8. The van der Waals surface area contributed by atoms with Crippen molar-refractivity contribution in [2.45, 2.75) is 20.8 Å². The predicted molar refractivity (Wildman–Crippen MR) is 212 cm³/mol. The lowest BCUT2D eigenvalue weighted by Gasteiger charge is -2.14. The lowest BCUT2D eigenvalue weighted by Crippen LogP contribution is -2.00. The van der Waals surface area contributed by atoms with E-state index >= 15 is 0 Å². The molecule has 8 rings (SSSR count). The van der Waals surface area contributed by atoms with Crippen molar-refractivity contribution in [2.24, 2.45) is 0 Å². The Morgan fingerprint density at radius 3 is 1.18 bits per heavy atom. The van der Waals surface area contributed by atoms with E-state index in [4.69, 9.17) is 15.0 Å². The van der Waals surface area contributed by atoms with E-state index in [1.54, 1.807) is 0 Å². The molecule has 0 fully saturated rings. The first-order valence-corrected chi connectivity index (χ1v) is 17.3. The number of benzene rings is 7. The molecule has 0 spiro atoms. The molecule has 0 aliphatic heterocycles. The fourth-order valence-corrected chi connectivity index (χ4v) is 6.81. The van der Waals surface area contributed by atoms with Crippen LogP contribution in [0.1, 0.15) is 16.7 Å². The van der Waals surface area contributed by atoms with Crippen LogP contribution in [0.15, 0.2) is 170 Å². The average molecular weight is 656 g/mol. The Kier molecular flexibility index (Phi) is 8.61. The number of hydrogen-bond acceptors (Lipinski definition) is 3. The molecule has 0 radical (unpaired) electrons.